The van der Waals surface area contributed by atoms with Gasteiger partial charge in [-0.1, -0.05) is 0 Å². The number of carbonyl (C=O) groups excluding carboxylic acids is 2. The number of carbonyl (C=O) groups is 2. The van der Waals surface area contributed by atoms with Crippen LogP contribution >= 0.6 is 0 Å². The number of nitrogens with one attached hydrogen (secondary N) is 1. The van der Waals surface area contributed by atoms with Gasteiger partial charge in [0.05, 0.1) is 12.5 Å². The molecule has 0 unspecified atom stereocenters. The summed E-state index contributed by atoms with van der Waals surface area (Å²) in [6, 6.07) is 10.8. The van der Waals surface area contributed by atoms with Crippen LogP contribution in [0.3, 0.4) is 0 Å². The van der Waals surface area contributed by atoms with E-state index in [1.165, 1.54) is 0 Å². The number of hydrogen-bond donors (Lipinski definition) is 1. The number of amides is 3. The molecule has 0 radical (unpaired) electrons. The molecule has 8 nitrogen and oxygen atoms in total. The van der Waals surface area contributed by atoms with Crippen molar-refractivity contribution in [1.29, 1.82) is 0 Å². The van der Waals surface area contributed by atoms with Gasteiger partial charge in [-0.2, -0.15) is 0 Å². The van der Waals surface area contributed by atoms with Gasteiger partial charge in [0.15, 0.2) is 11.5 Å². The summed E-state index contributed by atoms with van der Waals surface area (Å²) < 4.78 is 16.5. The van der Waals surface area contributed by atoms with E-state index in [1.807, 2.05) is 18.2 Å². The Hall–Kier alpha value is -3.42. The number of nitrogens with zero attached hydrogens (tertiary/aromatic N) is 2. The average molecular weight is 409 g/mol. The molecule has 2 aromatic carbocycles. The normalized spacial score (nSPS) is 21.7. The van der Waals surface area contributed by atoms with E-state index in [4.69, 9.17) is 14.2 Å². The van der Waals surface area contributed by atoms with Gasteiger partial charge in [0, 0.05) is 37.6 Å². The Morgan fingerprint density at radius 2 is 1.93 bits per heavy atom. The molecule has 1 saturated heterocycles. The summed E-state index contributed by atoms with van der Waals surface area (Å²) in [6.07, 6.45) is 0.574. The number of likely N-dealkylation sites (N-methyl/N-ethyl adjacent to an activating group) is 1. The molecule has 1 fully saturated rings. The summed E-state index contributed by atoms with van der Waals surface area (Å²) >= 11 is 0. The lowest BCUT2D eigenvalue weighted by molar-refractivity contribution is -0.122. The molecule has 3 amide bonds. The molecule has 1 spiro atoms. The van der Waals surface area contributed by atoms with Crippen molar-refractivity contribution in [2.75, 3.05) is 50.7 Å². The fraction of sp³-hybridized carbons (Fsp3) is 0.364. The van der Waals surface area contributed by atoms with Crippen LogP contribution in [0.15, 0.2) is 36.4 Å². The van der Waals surface area contributed by atoms with Crippen molar-refractivity contribution in [3.63, 3.8) is 0 Å². The Kier molecular flexibility index (Phi) is 4.23. The van der Waals surface area contributed by atoms with Gasteiger partial charge < -0.3 is 29.3 Å². The van der Waals surface area contributed by atoms with Crippen LogP contribution in [0.5, 0.6) is 17.2 Å². The smallest absolute Gasteiger partial charge is 0.321 e. The number of anilines is 2. The second-order valence-corrected chi connectivity index (χ2v) is 7.79. The van der Waals surface area contributed by atoms with Gasteiger partial charge in [0.25, 0.3) is 0 Å². The van der Waals surface area contributed by atoms with E-state index in [2.05, 4.69) is 5.32 Å². The standard InChI is InChI=1S/C22H23N3O5/c1-24-17-5-4-15(28-2)12-16(17)22(20(24)26)7-8-25(13-22)21(27)23-14-3-6-18-19(11-14)30-10-9-29-18/h3-6,11-12H,7-10,13H2,1-2H3,(H,23,27)/t22-/m0/s1. The van der Waals surface area contributed by atoms with Gasteiger partial charge in [-0.15, -0.1) is 0 Å². The monoisotopic (exact) mass is 409 g/mol. The second kappa shape index (κ2) is 6.83. The maximum Gasteiger partial charge on any atom is 0.321 e. The summed E-state index contributed by atoms with van der Waals surface area (Å²) in [5, 5.41) is 2.91. The van der Waals surface area contributed by atoms with Crippen molar-refractivity contribution in [3.05, 3.63) is 42.0 Å². The van der Waals surface area contributed by atoms with E-state index in [1.54, 1.807) is 42.2 Å². The number of hydrogen-bond acceptors (Lipinski definition) is 5. The van der Waals surface area contributed by atoms with Gasteiger partial charge in [0.2, 0.25) is 5.91 Å². The quantitative estimate of drug-likeness (QED) is 0.825. The van der Waals surface area contributed by atoms with E-state index in [-0.39, 0.29) is 11.9 Å². The molecule has 5 rings (SSSR count). The van der Waals surface area contributed by atoms with Gasteiger partial charge in [0.1, 0.15) is 19.0 Å². The third-order valence-corrected chi connectivity index (χ3v) is 6.14. The minimum Gasteiger partial charge on any atom is -0.497 e. The molecular formula is C22H23N3O5. The minimum absolute atomic E-state index is 0.0142. The highest BCUT2D eigenvalue weighted by atomic mass is 16.6. The zero-order valence-corrected chi connectivity index (χ0v) is 16.9. The SMILES string of the molecule is COc1ccc2c(c1)[C@@]1(CCN(C(=O)Nc3ccc4c(c3)OCCO4)C1)C(=O)N2C. The second-order valence-electron chi connectivity index (χ2n) is 7.79. The van der Waals surface area contributed by atoms with Crippen LogP contribution in [0.2, 0.25) is 0 Å². The number of urea groups is 1. The van der Waals surface area contributed by atoms with E-state index in [0.29, 0.717) is 55.7 Å². The highest BCUT2D eigenvalue weighted by molar-refractivity contribution is 6.09. The fourth-order valence-electron chi connectivity index (χ4n) is 4.56. The molecule has 1 atom stereocenters. The summed E-state index contributed by atoms with van der Waals surface area (Å²) in [5.41, 5.74) is 1.68. The highest BCUT2D eigenvalue weighted by Gasteiger charge is 2.54. The van der Waals surface area contributed by atoms with Crippen LogP contribution in [0, 0.1) is 0 Å². The third kappa shape index (κ3) is 2.74. The maximum absolute atomic E-state index is 13.2. The summed E-state index contributed by atoms with van der Waals surface area (Å²) in [7, 11) is 3.39. The molecule has 0 aliphatic carbocycles. The first-order chi connectivity index (χ1) is 14.5. The molecule has 0 saturated carbocycles. The Morgan fingerprint density at radius 1 is 1.13 bits per heavy atom. The predicted molar refractivity (Wildman–Crippen MR) is 111 cm³/mol. The molecule has 3 aliphatic rings. The lowest BCUT2D eigenvalue weighted by Gasteiger charge is -2.24. The van der Waals surface area contributed by atoms with E-state index in [9.17, 15) is 9.59 Å². The number of benzene rings is 2. The Bertz CT molecular complexity index is 1040. The topological polar surface area (TPSA) is 80.3 Å². The van der Waals surface area contributed by atoms with Crippen LogP contribution in [0.25, 0.3) is 0 Å². The maximum atomic E-state index is 13.2. The average Bonchev–Trinajstić information content (AvgIpc) is 3.31. The Labute approximate surface area is 174 Å². The van der Waals surface area contributed by atoms with Crippen molar-refractivity contribution in [2.24, 2.45) is 0 Å². The van der Waals surface area contributed by atoms with E-state index in [0.717, 1.165) is 11.3 Å². The van der Waals surface area contributed by atoms with Crippen LogP contribution in [-0.4, -0.2) is 57.3 Å². The molecule has 3 aliphatic heterocycles. The first kappa shape index (κ1) is 18.6. The van der Waals surface area contributed by atoms with E-state index >= 15 is 0 Å². The van der Waals surface area contributed by atoms with Gasteiger partial charge in [-0.25, -0.2) is 4.79 Å². The number of likely N-dealkylation sites (tertiary alicyclic amines) is 1. The van der Waals surface area contributed by atoms with Crippen LogP contribution in [0.4, 0.5) is 16.2 Å². The van der Waals surface area contributed by atoms with Gasteiger partial charge >= 0.3 is 6.03 Å². The van der Waals surface area contributed by atoms with Crippen molar-refractivity contribution in [3.8, 4) is 17.2 Å². The van der Waals surface area contributed by atoms with Crippen LogP contribution in [0.1, 0.15) is 12.0 Å². The molecule has 2 aromatic rings. The molecule has 156 valence electrons. The van der Waals surface area contributed by atoms with Crippen molar-refractivity contribution in [2.45, 2.75) is 11.8 Å². The predicted octanol–water partition coefficient (Wildman–Crippen LogP) is 2.62. The number of rotatable bonds is 2. The van der Waals surface area contributed by atoms with Gasteiger partial charge in [-0.3, -0.25) is 4.79 Å². The van der Waals surface area contributed by atoms with Gasteiger partial charge in [-0.05, 0) is 42.3 Å². The van der Waals surface area contributed by atoms with Crippen molar-refractivity contribution in [1.82, 2.24) is 4.90 Å². The first-order valence-electron chi connectivity index (χ1n) is 9.94. The van der Waals surface area contributed by atoms with E-state index < -0.39 is 5.41 Å². The summed E-state index contributed by atoms with van der Waals surface area (Å²) in [6.45, 7) is 1.82. The minimum atomic E-state index is -0.733. The van der Waals surface area contributed by atoms with Crippen molar-refractivity contribution < 1.29 is 23.8 Å². The molecule has 0 bridgehead atoms. The Balaban J connectivity index is 1.37. The third-order valence-electron chi connectivity index (χ3n) is 6.14. The lowest BCUT2D eigenvalue weighted by atomic mass is 9.81. The lowest BCUT2D eigenvalue weighted by Crippen LogP contribution is -2.42. The largest absolute Gasteiger partial charge is 0.497 e. The van der Waals surface area contributed by atoms with Crippen LogP contribution in [-0.2, 0) is 10.2 Å². The fourth-order valence-corrected chi connectivity index (χ4v) is 4.56. The van der Waals surface area contributed by atoms with Crippen molar-refractivity contribution >= 4 is 23.3 Å². The number of fused-ring (bicyclic) bond motifs is 3. The summed E-state index contributed by atoms with van der Waals surface area (Å²) in [5.74, 6) is 2.01. The molecule has 1 N–H and O–H groups in total. The molecule has 0 aromatic heterocycles. The Morgan fingerprint density at radius 3 is 2.73 bits per heavy atom. The molecular weight excluding hydrogens is 386 g/mol. The number of ether oxygens (including phenoxy) is 3. The molecule has 8 heteroatoms. The number of methoxy groups -OCH3 is 1. The molecule has 30 heavy (non-hydrogen) atoms. The first-order valence-corrected chi connectivity index (χ1v) is 9.94. The molecule has 3 heterocycles. The zero-order valence-electron chi connectivity index (χ0n) is 16.9. The zero-order chi connectivity index (χ0) is 20.9. The van der Waals surface area contributed by atoms with Crippen LogP contribution < -0.4 is 24.4 Å². The summed E-state index contributed by atoms with van der Waals surface area (Å²) in [4.78, 5) is 29.5. The highest BCUT2D eigenvalue weighted by Crippen LogP contribution is 2.48.